The third kappa shape index (κ3) is 4.44. The molecule has 0 atom stereocenters. The van der Waals surface area contributed by atoms with E-state index in [1.807, 2.05) is 20.8 Å². The molecule has 1 amide bonds. The fourth-order valence-corrected chi connectivity index (χ4v) is 3.07. The highest BCUT2D eigenvalue weighted by atomic mass is 32.2. The molecule has 0 radical (unpaired) electrons. The van der Waals surface area contributed by atoms with Crippen molar-refractivity contribution in [3.05, 3.63) is 23.9 Å². The number of amidine groups is 1. The van der Waals surface area contributed by atoms with Gasteiger partial charge in [0.25, 0.3) is 15.9 Å². The Labute approximate surface area is 141 Å². The van der Waals surface area contributed by atoms with Crippen LogP contribution in [0.4, 0.5) is 0 Å². The Hall–Kier alpha value is -2.16. The highest BCUT2D eigenvalue weighted by Crippen LogP contribution is 2.18. The second-order valence-electron chi connectivity index (χ2n) is 6.18. The third-order valence-electron chi connectivity index (χ3n) is 3.77. The van der Waals surface area contributed by atoms with Gasteiger partial charge in [-0.05, 0) is 32.4 Å². The number of hydrogen-bond acceptors (Lipinski definition) is 6. The van der Waals surface area contributed by atoms with E-state index in [0.717, 1.165) is 6.42 Å². The van der Waals surface area contributed by atoms with E-state index in [1.165, 1.54) is 6.08 Å². The van der Waals surface area contributed by atoms with Crippen LogP contribution >= 0.6 is 0 Å². The van der Waals surface area contributed by atoms with Crippen molar-refractivity contribution in [2.45, 2.75) is 32.7 Å². The van der Waals surface area contributed by atoms with E-state index in [4.69, 9.17) is 4.74 Å². The summed E-state index contributed by atoms with van der Waals surface area (Å²) >= 11 is 0. The number of carbonyl (C=O) groups is 2. The van der Waals surface area contributed by atoms with Crippen molar-refractivity contribution >= 4 is 27.7 Å². The maximum Gasteiger partial charge on any atom is 0.342 e. The Morgan fingerprint density at radius 2 is 2.12 bits per heavy atom. The molecule has 9 heteroatoms. The molecule has 2 aliphatic heterocycles. The Bertz CT molecular complexity index is 734. The molecular weight excluding hydrogens is 334 g/mol. The molecule has 0 aromatic rings. The molecule has 0 aromatic carbocycles. The molecule has 1 N–H and O–H groups in total. The van der Waals surface area contributed by atoms with Gasteiger partial charge in [0.05, 0.1) is 5.75 Å². The van der Waals surface area contributed by atoms with Crippen LogP contribution in [0, 0.1) is 0 Å². The number of allylic oxidation sites excluding steroid dienone is 2. The fraction of sp³-hybridized carbons (Fsp3) is 0.533. The highest BCUT2D eigenvalue weighted by molar-refractivity contribution is 7.90. The van der Waals surface area contributed by atoms with Gasteiger partial charge in [0.1, 0.15) is 5.57 Å². The van der Waals surface area contributed by atoms with Gasteiger partial charge in [-0.3, -0.25) is 4.79 Å². The van der Waals surface area contributed by atoms with Gasteiger partial charge in [0.2, 0.25) is 0 Å². The van der Waals surface area contributed by atoms with Crippen molar-refractivity contribution in [3.8, 4) is 0 Å². The van der Waals surface area contributed by atoms with Crippen molar-refractivity contribution in [2.24, 2.45) is 4.40 Å². The third-order valence-corrected chi connectivity index (χ3v) is 4.92. The highest BCUT2D eigenvalue weighted by Gasteiger charge is 2.31. The van der Waals surface area contributed by atoms with Crippen LogP contribution in [0.5, 0.6) is 0 Å². The number of esters is 1. The van der Waals surface area contributed by atoms with Crippen LogP contribution in [-0.4, -0.2) is 55.5 Å². The smallest absolute Gasteiger partial charge is 0.342 e. The Kier molecular flexibility index (Phi) is 5.12. The van der Waals surface area contributed by atoms with Gasteiger partial charge in [-0.25, -0.2) is 13.2 Å². The summed E-state index contributed by atoms with van der Waals surface area (Å²) < 4.78 is 31.9. The van der Waals surface area contributed by atoms with Crippen LogP contribution in [0.2, 0.25) is 0 Å². The molecule has 2 heterocycles. The molecule has 0 bridgehead atoms. The zero-order chi connectivity index (χ0) is 18.0. The number of rotatable bonds is 5. The molecule has 24 heavy (non-hydrogen) atoms. The average molecular weight is 355 g/mol. The maximum atomic E-state index is 12.2. The van der Waals surface area contributed by atoms with Crippen LogP contribution in [0.1, 0.15) is 27.2 Å². The van der Waals surface area contributed by atoms with E-state index in [2.05, 4.69) is 9.71 Å². The molecule has 2 rings (SSSR count). The quantitative estimate of drug-likeness (QED) is 0.713. The molecule has 132 valence electrons. The van der Waals surface area contributed by atoms with E-state index >= 15 is 0 Å². The molecule has 8 nitrogen and oxygen atoms in total. The largest absolute Gasteiger partial charge is 0.452 e. The summed E-state index contributed by atoms with van der Waals surface area (Å²) in [5.74, 6) is -1.29. The monoisotopic (exact) mass is 355 g/mol. The molecule has 2 aliphatic rings. The second-order valence-corrected chi connectivity index (χ2v) is 7.93. The number of sulfonamides is 1. The number of hydrogen-bond donors (Lipinski definition) is 1. The first-order valence-corrected chi connectivity index (χ1v) is 9.21. The maximum absolute atomic E-state index is 12.2. The molecule has 0 aromatic heterocycles. The van der Waals surface area contributed by atoms with E-state index in [-0.39, 0.29) is 23.7 Å². The normalized spacial score (nSPS) is 19.0. The molecule has 0 saturated heterocycles. The predicted molar refractivity (Wildman–Crippen MR) is 88.6 cm³/mol. The van der Waals surface area contributed by atoms with Crippen LogP contribution in [0.25, 0.3) is 0 Å². The van der Waals surface area contributed by atoms with E-state index in [0.29, 0.717) is 0 Å². The Morgan fingerprint density at radius 3 is 2.79 bits per heavy atom. The SMILES string of the molecule is CCC(C)(C)NC(=O)COC(=O)C1=CC=CN2CCS(=O)(=O)N=C12. The van der Waals surface area contributed by atoms with Crippen LogP contribution in [0.15, 0.2) is 28.3 Å². The zero-order valence-electron chi connectivity index (χ0n) is 13.9. The summed E-state index contributed by atoms with van der Waals surface area (Å²) in [7, 11) is -3.59. The first-order valence-electron chi connectivity index (χ1n) is 7.60. The number of amides is 1. The van der Waals surface area contributed by atoms with Gasteiger partial charge < -0.3 is 15.0 Å². The second kappa shape index (κ2) is 6.76. The fourth-order valence-electron chi connectivity index (χ4n) is 2.09. The minimum Gasteiger partial charge on any atom is -0.452 e. The number of fused-ring (bicyclic) bond motifs is 1. The minimum atomic E-state index is -3.59. The Morgan fingerprint density at radius 1 is 1.42 bits per heavy atom. The van der Waals surface area contributed by atoms with Crippen molar-refractivity contribution in [2.75, 3.05) is 18.9 Å². The van der Waals surface area contributed by atoms with E-state index in [1.54, 1.807) is 17.2 Å². The van der Waals surface area contributed by atoms with E-state index in [9.17, 15) is 18.0 Å². The van der Waals surface area contributed by atoms with Crippen LogP contribution in [-0.2, 0) is 24.3 Å². The number of nitrogens with zero attached hydrogens (tertiary/aromatic N) is 2. The van der Waals surface area contributed by atoms with Crippen molar-refractivity contribution in [3.63, 3.8) is 0 Å². The molecule has 0 saturated carbocycles. The van der Waals surface area contributed by atoms with Gasteiger partial charge in [0, 0.05) is 18.3 Å². The lowest BCUT2D eigenvalue weighted by Gasteiger charge is -2.28. The summed E-state index contributed by atoms with van der Waals surface area (Å²) in [6.45, 7) is 5.43. The standard InChI is InChI=1S/C15H21N3O5S/c1-4-15(2,3)16-12(19)10-23-14(20)11-6-5-7-18-8-9-24(21,22)17-13(11)18/h5-7H,4,8-10H2,1-3H3,(H,16,19). The lowest BCUT2D eigenvalue weighted by atomic mass is 10.0. The van der Waals surface area contributed by atoms with Crippen LogP contribution < -0.4 is 5.32 Å². The molecule has 0 fully saturated rings. The van der Waals surface area contributed by atoms with Gasteiger partial charge in [-0.15, -0.1) is 4.40 Å². The number of carbonyl (C=O) groups excluding carboxylic acids is 2. The molecular formula is C15H21N3O5S. The topological polar surface area (TPSA) is 105 Å². The number of nitrogens with one attached hydrogen (secondary N) is 1. The van der Waals surface area contributed by atoms with E-state index < -0.39 is 34.0 Å². The number of ether oxygens (including phenoxy) is 1. The predicted octanol–water partition coefficient (Wildman–Crippen LogP) is 0.332. The van der Waals surface area contributed by atoms with Crippen LogP contribution in [0.3, 0.4) is 0 Å². The van der Waals surface area contributed by atoms with Gasteiger partial charge in [0.15, 0.2) is 12.4 Å². The van der Waals surface area contributed by atoms with Crippen molar-refractivity contribution < 1.29 is 22.7 Å². The Balaban J connectivity index is 2.04. The van der Waals surface area contributed by atoms with Crippen molar-refractivity contribution in [1.82, 2.24) is 10.2 Å². The van der Waals surface area contributed by atoms with Gasteiger partial charge >= 0.3 is 5.97 Å². The minimum absolute atomic E-state index is 0.0170. The molecule has 0 unspecified atom stereocenters. The van der Waals surface area contributed by atoms with Gasteiger partial charge in [-0.1, -0.05) is 6.92 Å². The lowest BCUT2D eigenvalue weighted by Crippen LogP contribution is -2.45. The summed E-state index contributed by atoms with van der Waals surface area (Å²) in [4.78, 5) is 25.6. The first kappa shape index (κ1) is 18.2. The van der Waals surface area contributed by atoms with Crippen molar-refractivity contribution in [1.29, 1.82) is 0 Å². The average Bonchev–Trinajstić information content (AvgIpc) is 2.51. The summed E-state index contributed by atoms with van der Waals surface area (Å²) in [5, 5.41) is 2.75. The first-order chi connectivity index (χ1) is 11.1. The summed E-state index contributed by atoms with van der Waals surface area (Å²) in [6.07, 6.45) is 5.40. The lowest BCUT2D eigenvalue weighted by molar-refractivity contribution is -0.145. The summed E-state index contributed by atoms with van der Waals surface area (Å²) in [6, 6.07) is 0. The zero-order valence-corrected chi connectivity index (χ0v) is 14.7. The molecule has 0 spiro atoms. The van der Waals surface area contributed by atoms with Gasteiger partial charge in [-0.2, -0.15) is 0 Å². The summed E-state index contributed by atoms with van der Waals surface area (Å²) in [5.41, 5.74) is -0.377. The molecule has 0 aliphatic carbocycles.